The highest BCUT2D eigenvalue weighted by Crippen LogP contribution is 2.40. The van der Waals surface area contributed by atoms with Gasteiger partial charge in [0.15, 0.2) is 0 Å². The second-order valence-electron chi connectivity index (χ2n) is 4.69. The van der Waals surface area contributed by atoms with Crippen LogP contribution in [0.3, 0.4) is 0 Å². The van der Waals surface area contributed by atoms with Gasteiger partial charge in [-0.05, 0) is 49.8 Å². The molecule has 1 atom stereocenters. The highest BCUT2D eigenvalue weighted by molar-refractivity contribution is 6.31. The molecular formula is C12H15ClFN. The molecule has 0 radical (unpaired) electrons. The third kappa shape index (κ3) is 2.50. The fraction of sp³-hybridized carbons (Fsp3) is 0.500. The van der Waals surface area contributed by atoms with Gasteiger partial charge in [-0.1, -0.05) is 17.7 Å². The van der Waals surface area contributed by atoms with E-state index in [0.717, 1.165) is 12.0 Å². The summed E-state index contributed by atoms with van der Waals surface area (Å²) >= 11 is 5.97. The summed E-state index contributed by atoms with van der Waals surface area (Å²) in [7, 11) is 0. The van der Waals surface area contributed by atoms with Crippen molar-refractivity contribution < 1.29 is 4.39 Å². The molecule has 2 N–H and O–H groups in total. The van der Waals surface area contributed by atoms with Crippen LogP contribution in [0.2, 0.25) is 5.02 Å². The summed E-state index contributed by atoms with van der Waals surface area (Å²) < 4.78 is 12.8. The molecular weight excluding hydrogens is 213 g/mol. The van der Waals surface area contributed by atoms with Crippen LogP contribution >= 0.6 is 11.6 Å². The second kappa shape index (κ2) is 3.76. The van der Waals surface area contributed by atoms with Gasteiger partial charge in [-0.25, -0.2) is 4.39 Å². The van der Waals surface area contributed by atoms with Gasteiger partial charge in [0.2, 0.25) is 0 Å². The van der Waals surface area contributed by atoms with Gasteiger partial charge >= 0.3 is 0 Å². The number of halogens is 2. The van der Waals surface area contributed by atoms with Crippen LogP contribution in [-0.2, 0) is 6.42 Å². The van der Waals surface area contributed by atoms with E-state index in [9.17, 15) is 4.39 Å². The molecule has 2 rings (SSSR count). The highest BCUT2D eigenvalue weighted by atomic mass is 35.5. The number of benzene rings is 1. The molecule has 0 aliphatic heterocycles. The van der Waals surface area contributed by atoms with Gasteiger partial charge < -0.3 is 5.73 Å². The Bertz CT molecular complexity index is 372. The molecule has 0 amide bonds. The average Bonchev–Trinajstić information content (AvgIpc) is 2.92. The van der Waals surface area contributed by atoms with Crippen molar-refractivity contribution in [3.05, 3.63) is 34.6 Å². The van der Waals surface area contributed by atoms with Gasteiger partial charge in [-0.15, -0.1) is 0 Å². The summed E-state index contributed by atoms with van der Waals surface area (Å²) in [5.41, 5.74) is 6.94. The maximum absolute atomic E-state index is 12.8. The van der Waals surface area contributed by atoms with E-state index in [1.807, 2.05) is 6.92 Å². The molecule has 0 spiro atoms. The molecule has 1 aromatic rings. The van der Waals surface area contributed by atoms with Crippen molar-refractivity contribution in [2.45, 2.75) is 31.7 Å². The first-order valence-corrected chi connectivity index (χ1v) is 5.59. The van der Waals surface area contributed by atoms with Gasteiger partial charge in [-0.2, -0.15) is 0 Å². The quantitative estimate of drug-likeness (QED) is 0.844. The van der Waals surface area contributed by atoms with Gasteiger partial charge in [0.1, 0.15) is 5.82 Å². The highest BCUT2D eigenvalue weighted by Gasteiger charge is 2.38. The summed E-state index contributed by atoms with van der Waals surface area (Å²) in [5.74, 6) is 0.299. The number of hydrogen-bond acceptors (Lipinski definition) is 1. The number of nitrogens with two attached hydrogens (primary N) is 1. The number of rotatable bonds is 3. The zero-order valence-corrected chi connectivity index (χ0v) is 9.52. The number of hydrogen-bond donors (Lipinski definition) is 1. The van der Waals surface area contributed by atoms with Crippen LogP contribution in [-0.4, -0.2) is 5.54 Å². The molecule has 0 aromatic heterocycles. The van der Waals surface area contributed by atoms with E-state index in [1.165, 1.54) is 25.0 Å². The predicted octanol–water partition coefficient (Wildman–Crippen LogP) is 3.15. The van der Waals surface area contributed by atoms with Crippen LogP contribution in [0.5, 0.6) is 0 Å². The smallest absolute Gasteiger partial charge is 0.124 e. The van der Waals surface area contributed by atoms with E-state index in [-0.39, 0.29) is 11.4 Å². The molecule has 0 saturated heterocycles. The molecule has 1 aliphatic carbocycles. The maximum Gasteiger partial charge on any atom is 0.124 e. The third-order valence-electron chi connectivity index (χ3n) is 3.10. The topological polar surface area (TPSA) is 26.0 Å². The maximum atomic E-state index is 12.8. The molecule has 0 heterocycles. The molecule has 1 aromatic carbocycles. The Balaban J connectivity index is 2.16. The Labute approximate surface area is 94.4 Å². The van der Waals surface area contributed by atoms with Crippen molar-refractivity contribution >= 4 is 11.6 Å². The minimum Gasteiger partial charge on any atom is -0.325 e. The summed E-state index contributed by atoms with van der Waals surface area (Å²) in [5, 5.41) is 0.479. The van der Waals surface area contributed by atoms with Crippen molar-refractivity contribution in [3.63, 3.8) is 0 Å². The summed E-state index contributed by atoms with van der Waals surface area (Å²) in [6.45, 7) is 2.05. The minimum absolute atomic E-state index is 0.207. The lowest BCUT2D eigenvalue weighted by Crippen LogP contribution is -2.41. The first-order chi connectivity index (χ1) is 6.99. The molecule has 1 saturated carbocycles. The lowest BCUT2D eigenvalue weighted by molar-refractivity contribution is 0.406. The van der Waals surface area contributed by atoms with E-state index >= 15 is 0 Å². The van der Waals surface area contributed by atoms with Crippen LogP contribution in [0.15, 0.2) is 18.2 Å². The van der Waals surface area contributed by atoms with Gasteiger partial charge in [0.25, 0.3) is 0 Å². The van der Waals surface area contributed by atoms with Crippen LogP contribution < -0.4 is 5.73 Å². The van der Waals surface area contributed by atoms with Crippen LogP contribution in [0.25, 0.3) is 0 Å². The molecule has 1 nitrogen and oxygen atoms in total. The molecule has 1 fully saturated rings. The van der Waals surface area contributed by atoms with Crippen molar-refractivity contribution in [3.8, 4) is 0 Å². The summed E-state index contributed by atoms with van der Waals surface area (Å²) in [4.78, 5) is 0. The zero-order valence-electron chi connectivity index (χ0n) is 8.76. The normalized spacial score (nSPS) is 20.0. The standard InChI is InChI=1S/C12H15ClFN/c1-12(15,9-3-4-9)7-8-2-5-10(14)6-11(8)13/h2,5-6,9H,3-4,7,15H2,1H3. The monoisotopic (exact) mass is 227 g/mol. The van der Waals surface area contributed by atoms with Crippen LogP contribution in [0.1, 0.15) is 25.3 Å². The first-order valence-electron chi connectivity index (χ1n) is 5.22. The molecule has 0 bridgehead atoms. The predicted molar refractivity (Wildman–Crippen MR) is 60.4 cm³/mol. The van der Waals surface area contributed by atoms with E-state index in [0.29, 0.717) is 10.9 Å². The van der Waals surface area contributed by atoms with E-state index < -0.39 is 0 Å². The van der Waals surface area contributed by atoms with E-state index in [4.69, 9.17) is 17.3 Å². The molecule has 3 heteroatoms. The summed E-state index contributed by atoms with van der Waals surface area (Å²) in [6.07, 6.45) is 3.12. The van der Waals surface area contributed by atoms with Gasteiger partial charge in [0.05, 0.1) is 0 Å². The van der Waals surface area contributed by atoms with E-state index in [1.54, 1.807) is 6.07 Å². The van der Waals surface area contributed by atoms with E-state index in [2.05, 4.69) is 0 Å². The lowest BCUT2D eigenvalue weighted by Gasteiger charge is -2.25. The fourth-order valence-corrected chi connectivity index (χ4v) is 2.20. The molecule has 15 heavy (non-hydrogen) atoms. The summed E-state index contributed by atoms with van der Waals surface area (Å²) in [6, 6.07) is 4.51. The van der Waals surface area contributed by atoms with Gasteiger partial charge in [0, 0.05) is 10.6 Å². The van der Waals surface area contributed by atoms with Crippen molar-refractivity contribution in [1.82, 2.24) is 0 Å². The Morgan fingerprint density at radius 2 is 2.20 bits per heavy atom. The van der Waals surface area contributed by atoms with Crippen molar-refractivity contribution in [1.29, 1.82) is 0 Å². The Hall–Kier alpha value is -0.600. The Kier molecular flexibility index (Phi) is 2.73. The first kappa shape index (κ1) is 10.9. The minimum atomic E-state index is -0.297. The second-order valence-corrected chi connectivity index (χ2v) is 5.10. The van der Waals surface area contributed by atoms with Gasteiger partial charge in [-0.3, -0.25) is 0 Å². The zero-order chi connectivity index (χ0) is 11.1. The average molecular weight is 228 g/mol. The van der Waals surface area contributed by atoms with Crippen LogP contribution in [0, 0.1) is 11.7 Å². The van der Waals surface area contributed by atoms with Crippen LogP contribution in [0.4, 0.5) is 4.39 Å². The molecule has 1 aliphatic rings. The Morgan fingerprint density at radius 3 is 2.73 bits per heavy atom. The Morgan fingerprint density at radius 1 is 1.53 bits per heavy atom. The van der Waals surface area contributed by atoms with Crippen molar-refractivity contribution in [2.75, 3.05) is 0 Å². The lowest BCUT2D eigenvalue weighted by atomic mass is 9.89. The molecule has 1 unspecified atom stereocenters. The SMILES string of the molecule is CC(N)(Cc1ccc(F)cc1Cl)C1CC1. The third-order valence-corrected chi connectivity index (χ3v) is 3.45. The fourth-order valence-electron chi connectivity index (χ4n) is 1.96. The molecule has 82 valence electrons. The largest absolute Gasteiger partial charge is 0.325 e. The van der Waals surface area contributed by atoms with Crippen molar-refractivity contribution in [2.24, 2.45) is 11.7 Å².